The number of aliphatic imine (C=N–C) groups is 1. The smallest absolute Gasteiger partial charge is 0.213 e. The van der Waals surface area contributed by atoms with E-state index in [1.807, 2.05) is 36.4 Å². The van der Waals surface area contributed by atoms with Crippen molar-refractivity contribution in [1.82, 2.24) is 4.98 Å². The molecule has 1 aromatic heterocycles. The highest BCUT2D eigenvalue weighted by Gasteiger charge is 2.01. The number of aromatic nitrogens is 1. The largest absolute Gasteiger partial charge is 0.481 e. The molecule has 0 saturated carbocycles. The molecule has 2 N–H and O–H groups in total. The van der Waals surface area contributed by atoms with Crippen LogP contribution in [0.25, 0.3) is 5.70 Å². The first-order valence-electron chi connectivity index (χ1n) is 5.79. The number of ether oxygens (including phenoxy) is 1. The minimum Gasteiger partial charge on any atom is -0.481 e. The highest BCUT2D eigenvalue weighted by molar-refractivity contribution is 5.89. The zero-order valence-electron chi connectivity index (χ0n) is 10.7. The first-order valence-corrected chi connectivity index (χ1v) is 5.79. The van der Waals surface area contributed by atoms with E-state index in [2.05, 4.69) is 16.6 Å². The van der Waals surface area contributed by atoms with Crippen molar-refractivity contribution in [2.45, 2.75) is 0 Å². The normalized spacial score (nSPS) is 10.6. The molecule has 0 saturated heterocycles. The van der Waals surface area contributed by atoms with E-state index in [9.17, 15) is 0 Å². The van der Waals surface area contributed by atoms with E-state index in [1.165, 1.54) is 0 Å². The maximum Gasteiger partial charge on any atom is 0.213 e. The molecule has 19 heavy (non-hydrogen) atoms. The Morgan fingerprint density at radius 3 is 2.79 bits per heavy atom. The number of nitrogens with zero attached hydrogens (tertiary/aromatic N) is 2. The third-order valence-electron chi connectivity index (χ3n) is 2.58. The molecule has 0 radical (unpaired) electrons. The van der Waals surface area contributed by atoms with E-state index in [0.29, 0.717) is 23.0 Å². The lowest BCUT2D eigenvalue weighted by molar-refractivity contribution is 0.397. The van der Waals surface area contributed by atoms with Crippen LogP contribution in [0, 0.1) is 0 Å². The third kappa shape index (κ3) is 3.19. The number of benzene rings is 1. The molecule has 0 aliphatic rings. The predicted octanol–water partition coefficient (Wildman–Crippen LogP) is 2.76. The van der Waals surface area contributed by atoms with E-state index in [-0.39, 0.29) is 0 Å². The van der Waals surface area contributed by atoms with Crippen molar-refractivity contribution in [2.24, 2.45) is 4.99 Å². The fourth-order valence-corrected chi connectivity index (χ4v) is 1.53. The zero-order chi connectivity index (χ0) is 13.7. The Morgan fingerprint density at radius 2 is 2.05 bits per heavy atom. The molecule has 0 aliphatic carbocycles. The van der Waals surface area contributed by atoms with Gasteiger partial charge < -0.3 is 10.5 Å². The number of nitrogen functional groups attached to an aromatic ring is 1. The van der Waals surface area contributed by atoms with Gasteiger partial charge in [-0.2, -0.15) is 0 Å². The Hall–Kier alpha value is -2.62. The Balaban J connectivity index is 2.19. The van der Waals surface area contributed by atoms with Gasteiger partial charge in [-0.3, -0.25) is 4.99 Å². The number of rotatable bonds is 4. The van der Waals surface area contributed by atoms with Gasteiger partial charge >= 0.3 is 0 Å². The first-order chi connectivity index (χ1) is 9.20. The number of hydrogen-bond acceptors (Lipinski definition) is 4. The third-order valence-corrected chi connectivity index (χ3v) is 2.58. The molecule has 1 aromatic carbocycles. The summed E-state index contributed by atoms with van der Waals surface area (Å²) < 4.78 is 5.06. The van der Waals surface area contributed by atoms with E-state index < -0.39 is 0 Å². The van der Waals surface area contributed by atoms with Crippen molar-refractivity contribution in [3.8, 4) is 5.88 Å². The molecular weight excluding hydrogens is 238 g/mol. The lowest BCUT2D eigenvalue weighted by atomic mass is 10.2. The molecular formula is C15H15N3O. The summed E-state index contributed by atoms with van der Waals surface area (Å²) in [5.41, 5.74) is 8.60. The van der Waals surface area contributed by atoms with Gasteiger partial charge in [0, 0.05) is 23.5 Å². The SMILES string of the molecule is C=C(/N=C\c1ccccc1N)c1cccc(OC)n1. The predicted molar refractivity (Wildman–Crippen MR) is 78.3 cm³/mol. The number of hydrogen-bond donors (Lipinski definition) is 1. The van der Waals surface area contributed by atoms with Gasteiger partial charge in [-0.15, -0.1) is 0 Å². The minimum absolute atomic E-state index is 0.535. The maximum atomic E-state index is 5.83. The zero-order valence-corrected chi connectivity index (χ0v) is 10.7. The number of methoxy groups -OCH3 is 1. The van der Waals surface area contributed by atoms with Gasteiger partial charge in [0.15, 0.2) is 0 Å². The van der Waals surface area contributed by atoms with E-state index >= 15 is 0 Å². The standard InChI is InChI=1S/C15H15N3O/c1-11(14-8-5-9-15(18-14)19-2)17-10-12-6-3-4-7-13(12)16/h3-10H,1,16H2,2H3/b17-10-. The van der Waals surface area contributed by atoms with Gasteiger partial charge in [-0.05, 0) is 12.1 Å². The molecule has 2 aromatic rings. The Labute approximate surface area is 112 Å². The van der Waals surface area contributed by atoms with Crippen molar-refractivity contribution in [3.63, 3.8) is 0 Å². The summed E-state index contributed by atoms with van der Waals surface area (Å²) in [6.07, 6.45) is 1.68. The van der Waals surface area contributed by atoms with Gasteiger partial charge in [0.1, 0.15) is 0 Å². The second-order valence-electron chi connectivity index (χ2n) is 3.90. The Bertz CT molecular complexity index is 620. The van der Waals surface area contributed by atoms with E-state index in [4.69, 9.17) is 10.5 Å². The summed E-state index contributed by atoms with van der Waals surface area (Å²) in [5, 5.41) is 0. The van der Waals surface area contributed by atoms with Crippen LogP contribution in [0.1, 0.15) is 11.3 Å². The van der Waals surface area contributed by atoms with Crippen molar-refractivity contribution >= 4 is 17.6 Å². The van der Waals surface area contributed by atoms with Crippen LogP contribution in [0.4, 0.5) is 5.69 Å². The summed E-state index contributed by atoms with van der Waals surface area (Å²) in [5.74, 6) is 0.535. The van der Waals surface area contributed by atoms with Gasteiger partial charge in [-0.25, -0.2) is 4.98 Å². The molecule has 0 spiro atoms. The average Bonchev–Trinajstić information content (AvgIpc) is 2.46. The van der Waals surface area contributed by atoms with Crippen LogP contribution in [0.5, 0.6) is 5.88 Å². The van der Waals surface area contributed by atoms with Crippen LogP contribution in [-0.4, -0.2) is 18.3 Å². The quantitative estimate of drug-likeness (QED) is 0.673. The molecule has 0 aliphatic heterocycles. The van der Waals surface area contributed by atoms with E-state index in [1.54, 1.807) is 19.4 Å². The Morgan fingerprint density at radius 1 is 1.26 bits per heavy atom. The second kappa shape index (κ2) is 5.82. The molecule has 0 amide bonds. The highest BCUT2D eigenvalue weighted by Crippen LogP contribution is 2.16. The number of nitrogens with two attached hydrogens (primary N) is 1. The molecule has 0 unspecified atom stereocenters. The highest BCUT2D eigenvalue weighted by atomic mass is 16.5. The number of anilines is 1. The molecule has 4 nitrogen and oxygen atoms in total. The Kier molecular flexibility index (Phi) is 3.93. The lowest BCUT2D eigenvalue weighted by Crippen LogP contribution is -1.94. The molecule has 1 heterocycles. The van der Waals surface area contributed by atoms with Crippen molar-refractivity contribution in [2.75, 3.05) is 12.8 Å². The van der Waals surface area contributed by atoms with Crippen molar-refractivity contribution in [3.05, 3.63) is 60.3 Å². The molecule has 0 bridgehead atoms. The molecule has 0 atom stereocenters. The van der Waals surface area contributed by atoms with Crippen LogP contribution >= 0.6 is 0 Å². The fourth-order valence-electron chi connectivity index (χ4n) is 1.53. The number of pyridine rings is 1. The monoisotopic (exact) mass is 253 g/mol. The van der Waals surface area contributed by atoms with Crippen molar-refractivity contribution < 1.29 is 4.74 Å². The van der Waals surface area contributed by atoms with Crippen LogP contribution < -0.4 is 10.5 Å². The topological polar surface area (TPSA) is 60.5 Å². The van der Waals surface area contributed by atoms with Gasteiger partial charge in [0.2, 0.25) is 5.88 Å². The average molecular weight is 253 g/mol. The van der Waals surface area contributed by atoms with E-state index in [0.717, 1.165) is 5.56 Å². The summed E-state index contributed by atoms with van der Waals surface area (Å²) in [6.45, 7) is 3.89. The summed E-state index contributed by atoms with van der Waals surface area (Å²) in [7, 11) is 1.57. The van der Waals surface area contributed by atoms with Gasteiger partial charge in [0.25, 0.3) is 0 Å². The van der Waals surface area contributed by atoms with Crippen LogP contribution in [0.2, 0.25) is 0 Å². The first kappa shape index (κ1) is 12.8. The molecule has 2 rings (SSSR count). The fraction of sp³-hybridized carbons (Fsp3) is 0.0667. The van der Waals surface area contributed by atoms with Gasteiger partial charge in [-0.1, -0.05) is 30.8 Å². The maximum absolute atomic E-state index is 5.83. The van der Waals surface area contributed by atoms with Gasteiger partial charge in [0.05, 0.1) is 18.5 Å². The minimum atomic E-state index is 0.535. The van der Waals surface area contributed by atoms with Crippen molar-refractivity contribution in [1.29, 1.82) is 0 Å². The van der Waals surface area contributed by atoms with Crippen LogP contribution in [0.3, 0.4) is 0 Å². The lowest BCUT2D eigenvalue weighted by Gasteiger charge is -2.03. The molecule has 4 heteroatoms. The summed E-state index contributed by atoms with van der Waals surface area (Å²) in [6, 6.07) is 13.0. The number of para-hydroxylation sites is 1. The summed E-state index contributed by atoms with van der Waals surface area (Å²) in [4.78, 5) is 8.54. The molecule has 0 fully saturated rings. The summed E-state index contributed by atoms with van der Waals surface area (Å²) >= 11 is 0. The second-order valence-corrected chi connectivity index (χ2v) is 3.90. The van der Waals surface area contributed by atoms with Crippen LogP contribution in [-0.2, 0) is 0 Å². The van der Waals surface area contributed by atoms with Crippen LogP contribution in [0.15, 0.2) is 54.0 Å². The molecule has 96 valence electrons.